The van der Waals surface area contributed by atoms with Crippen LogP contribution in [0, 0.1) is 16.7 Å². The highest BCUT2D eigenvalue weighted by Gasteiger charge is 2.50. The fourth-order valence-electron chi connectivity index (χ4n) is 13.2. The molecule has 4 aromatic rings. The van der Waals surface area contributed by atoms with E-state index in [1.54, 1.807) is 24.0 Å². The fourth-order valence-corrected chi connectivity index (χ4v) is 13.2. The van der Waals surface area contributed by atoms with Crippen LogP contribution in [0.1, 0.15) is 89.1 Å². The molecule has 5 amide bonds. The third-order valence-corrected chi connectivity index (χ3v) is 17.5. The second kappa shape index (κ2) is 21.8. The molecule has 1 aliphatic carbocycles. The van der Waals surface area contributed by atoms with Crippen molar-refractivity contribution in [3.05, 3.63) is 83.7 Å². The summed E-state index contributed by atoms with van der Waals surface area (Å²) in [6.07, 6.45) is 6.53. The monoisotopic (exact) mass is 1060 g/mol. The fraction of sp³-hybridized carbons (Fsp3) is 0.559. The Morgan fingerprint density at radius 1 is 0.987 bits per heavy atom. The maximum atomic E-state index is 15.0. The summed E-state index contributed by atoms with van der Waals surface area (Å²) >= 11 is 0. The lowest BCUT2D eigenvalue weighted by atomic mass is 9.67. The number of alkyl halides is 1. The SMILES string of the molecule is CCn1c2c3c4cc(ccc41)-c1cccc(c1)C[C@H](NC(=O)[C@H](C(C)C)N(C)C(=O)N1CCC4(CC1)CN(C(=O)/C=C/CF)C4)C(=O)N1CCC[C@H](N1)C(=O)OCC(C)(C)C3[C@H](OC)c1ncc(N3CCN(C)CC3)cc1-2. The quantitative estimate of drug-likeness (QED) is 0.138. The zero-order valence-corrected chi connectivity index (χ0v) is 46.1. The number of fused-ring (bicyclic) bond motifs is 8. The number of hydrogen-bond acceptors (Lipinski definition) is 11. The van der Waals surface area contributed by atoms with Gasteiger partial charge in [0, 0.05) is 125 Å². The van der Waals surface area contributed by atoms with Crippen LogP contribution >= 0.6 is 0 Å². The summed E-state index contributed by atoms with van der Waals surface area (Å²) in [7, 11) is 5.54. The molecule has 17 nitrogen and oxygen atoms in total. The molecule has 4 saturated heterocycles. The van der Waals surface area contributed by atoms with Gasteiger partial charge in [-0.05, 0) is 92.1 Å². The van der Waals surface area contributed by atoms with Crippen LogP contribution < -0.4 is 15.6 Å². The van der Waals surface area contributed by atoms with E-state index < -0.39 is 54.1 Å². The Hall–Kier alpha value is -6.37. The van der Waals surface area contributed by atoms with E-state index in [2.05, 4.69) is 89.3 Å². The van der Waals surface area contributed by atoms with E-state index in [-0.39, 0.29) is 42.2 Å². The first-order valence-corrected chi connectivity index (χ1v) is 27.7. The number of nitrogens with one attached hydrogen (secondary N) is 2. The van der Waals surface area contributed by atoms with Gasteiger partial charge in [-0.3, -0.25) is 29.2 Å². The number of carbonyl (C=O) groups is 5. The Balaban J connectivity index is 0.977. The zero-order chi connectivity index (χ0) is 54.5. The maximum Gasteiger partial charge on any atom is 0.324 e. The number of cyclic esters (lactones) is 1. The molecule has 10 rings (SSSR count). The van der Waals surface area contributed by atoms with E-state index >= 15 is 0 Å². The summed E-state index contributed by atoms with van der Waals surface area (Å²) in [5.41, 5.74) is 11.5. The molecule has 2 aromatic carbocycles. The van der Waals surface area contributed by atoms with Gasteiger partial charge in [-0.2, -0.15) is 0 Å². The molecule has 5 aliphatic heterocycles. The second-order valence-corrected chi connectivity index (χ2v) is 23.5. The number of aromatic nitrogens is 2. The van der Waals surface area contributed by atoms with Gasteiger partial charge in [0.2, 0.25) is 11.8 Å². The molecule has 6 aliphatic rings. The Morgan fingerprint density at radius 2 is 1.73 bits per heavy atom. The molecule has 6 bridgehead atoms. The number of nitrogens with zero attached hydrogens (tertiary/aromatic N) is 8. The summed E-state index contributed by atoms with van der Waals surface area (Å²) in [4.78, 5) is 85.7. The molecule has 2 N–H and O–H groups in total. The average molecular weight is 1060 g/mol. The summed E-state index contributed by atoms with van der Waals surface area (Å²) < 4.78 is 27.9. The van der Waals surface area contributed by atoms with E-state index in [1.165, 1.54) is 22.1 Å². The van der Waals surface area contributed by atoms with Crippen molar-refractivity contribution in [1.82, 2.24) is 44.9 Å². The highest BCUT2D eigenvalue weighted by atomic mass is 19.1. The van der Waals surface area contributed by atoms with Gasteiger partial charge in [0.1, 0.15) is 30.9 Å². The lowest BCUT2D eigenvalue weighted by Gasteiger charge is -2.54. The van der Waals surface area contributed by atoms with Crippen molar-refractivity contribution >= 4 is 46.3 Å². The third-order valence-electron chi connectivity index (χ3n) is 17.5. The Morgan fingerprint density at radius 3 is 2.43 bits per heavy atom. The number of likely N-dealkylation sites (N-methyl/N-ethyl adjacent to an activating group) is 2. The number of hydrazine groups is 1. The normalized spacial score (nSPS) is 23.9. The van der Waals surface area contributed by atoms with Crippen molar-refractivity contribution < 1.29 is 37.8 Å². The minimum atomic E-state index is -1.06. The van der Waals surface area contributed by atoms with E-state index in [9.17, 15) is 28.4 Å². The predicted molar refractivity (Wildman–Crippen MR) is 293 cm³/mol. The number of urea groups is 1. The summed E-state index contributed by atoms with van der Waals surface area (Å²) in [6, 6.07) is 13.9. The van der Waals surface area contributed by atoms with Gasteiger partial charge in [0.15, 0.2) is 0 Å². The first-order chi connectivity index (χ1) is 36.9. The lowest BCUT2D eigenvalue weighted by Crippen LogP contribution is -2.64. The number of piperidine rings is 1. The first-order valence-electron chi connectivity index (χ1n) is 27.7. The number of methoxy groups -OCH3 is 1. The van der Waals surface area contributed by atoms with Gasteiger partial charge in [0.25, 0.3) is 5.91 Å². The van der Waals surface area contributed by atoms with Crippen molar-refractivity contribution in [1.29, 1.82) is 0 Å². The lowest BCUT2D eigenvalue weighted by molar-refractivity contribution is -0.156. The first kappa shape index (κ1) is 54.0. The van der Waals surface area contributed by atoms with Crippen molar-refractivity contribution in [3.8, 4) is 22.4 Å². The van der Waals surface area contributed by atoms with Crippen LogP contribution in [0.3, 0.4) is 0 Å². The number of piperazine rings is 1. The number of ether oxygens (including phenoxy) is 2. The van der Waals surface area contributed by atoms with Gasteiger partial charge in [-0.1, -0.05) is 58.0 Å². The number of carbonyl (C=O) groups excluding carboxylic acids is 5. The summed E-state index contributed by atoms with van der Waals surface area (Å²) in [5, 5.41) is 5.64. The van der Waals surface area contributed by atoms with Crippen LogP contribution in [0.5, 0.6) is 0 Å². The average Bonchev–Trinajstić information content (AvgIpc) is 3.83. The zero-order valence-electron chi connectivity index (χ0n) is 46.1. The molecule has 1 spiro atoms. The molecule has 5 atom stereocenters. The number of pyridine rings is 1. The molecule has 2 aromatic heterocycles. The summed E-state index contributed by atoms with van der Waals surface area (Å²) in [6.45, 7) is 16.4. The molecule has 7 heterocycles. The van der Waals surface area contributed by atoms with Crippen molar-refractivity contribution in [2.75, 3.05) is 98.3 Å². The van der Waals surface area contributed by atoms with Crippen LogP contribution in [-0.2, 0) is 41.6 Å². The number of likely N-dealkylation sites (tertiary alicyclic amines) is 2. The summed E-state index contributed by atoms with van der Waals surface area (Å²) in [5.74, 6) is -2.14. The smallest absolute Gasteiger partial charge is 0.324 e. The number of amides is 5. The molecule has 1 unspecified atom stereocenters. The molecule has 412 valence electrons. The van der Waals surface area contributed by atoms with Crippen LogP contribution in [0.25, 0.3) is 33.3 Å². The molecule has 18 heteroatoms. The Bertz CT molecular complexity index is 2930. The molecular weight excluding hydrogens is 980 g/mol. The largest absolute Gasteiger partial charge is 0.464 e. The van der Waals surface area contributed by atoms with Gasteiger partial charge in [-0.15, -0.1) is 0 Å². The third kappa shape index (κ3) is 10.3. The topological polar surface area (TPSA) is 165 Å². The standard InChI is InChI=1S/C59H77FN10O7/c1-9-69-46-18-17-40-31-42(46)48-49(53(76-8)50-43(52(48)69)32-41(33-61-50)66-27-25-64(6)26-28-66)58(4,5)36-77-56(74)44-15-12-22-70(63-44)55(73)45(30-38-13-10-14-39(40)29-38)62-54(72)51(37(2)3)65(7)57(75)67-23-19-59(20-24-67)34-68(35-59)47(71)16-11-21-60/h10-11,13-14,16-18,29,31-33,37,44-45,49,51,53,63H,9,12,15,19-28,30,34-36H2,1-8H3,(H,62,72)/b16-11+/t44-,45-,49?,51-,53-/m0/s1. The van der Waals surface area contributed by atoms with Crippen LogP contribution in [-0.4, -0.2) is 175 Å². The van der Waals surface area contributed by atoms with Crippen molar-refractivity contribution in [2.24, 2.45) is 16.7 Å². The maximum absolute atomic E-state index is 15.0. The number of esters is 1. The van der Waals surface area contributed by atoms with Crippen LogP contribution in [0.2, 0.25) is 0 Å². The molecule has 0 radical (unpaired) electrons. The minimum absolute atomic E-state index is 0.0665. The van der Waals surface area contributed by atoms with Gasteiger partial charge in [-0.25, -0.2) is 14.6 Å². The van der Waals surface area contributed by atoms with Crippen molar-refractivity contribution in [2.45, 2.75) is 103 Å². The van der Waals surface area contributed by atoms with Crippen molar-refractivity contribution in [3.63, 3.8) is 0 Å². The molecular formula is C59H77FN10O7. The highest BCUT2D eigenvalue weighted by Crippen LogP contribution is 2.57. The number of hydrogen-bond donors (Lipinski definition) is 2. The van der Waals surface area contributed by atoms with E-state index in [4.69, 9.17) is 14.5 Å². The minimum Gasteiger partial charge on any atom is -0.464 e. The highest BCUT2D eigenvalue weighted by molar-refractivity contribution is 5.98. The molecule has 77 heavy (non-hydrogen) atoms. The second-order valence-electron chi connectivity index (χ2n) is 23.5. The number of aryl methyl sites for hydroxylation is 1. The van der Waals surface area contributed by atoms with Crippen LogP contribution in [0.4, 0.5) is 14.9 Å². The van der Waals surface area contributed by atoms with Gasteiger partial charge >= 0.3 is 12.0 Å². The molecule has 0 saturated carbocycles. The number of benzene rings is 2. The van der Waals surface area contributed by atoms with Crippen LogP contribution in [0.15, 0.2) is 66.9 Å². The predicted octanol–water partition coefficient (Wildman–Crippen LogP) is 6.56. The number of rotatable bonds is 9. The molecule has 4 fully saturated rings. The number of anilines is 1. The van der Waals surface area contributed by atoms with Gasteiger partial charge < -0.3 is 43.9 Å². The Labute approximate surface area is 452 Å². The van der Waals surface area contributed by atoms with E-state index in [0.29, 0.717) is 65.0 Å². The van der Waals surface area contributed by atoms with E-state index in [0.717, 1.165) is 82.0 Å². The number of halogens is 1. The number of allylic oxidation sites excluding steroid dienone is 1. The Kier molecular flexibility index (Phi) is 15.3. The van der Waals surface area contributed by atoms with Gasteiger partial charge in [0.05, 0.1) is 29.9 Å². The van der Waals surface area contributed by atoms with E-state index in [1.807, 2.05) is 32.2 Å².